The molecule has 0 aromatic heterocycles. The lowest BCUT2D eigenvalue weighted by Gasteiger charge is -2.33. The van der Waals surface area contributed by atoms with Crippen LogP contribution in [0.15, 0.2) is 54.6 Å². The Morgan fingerprint density at radius 3 is 2.16 bits per heavy atom. The first kappa shape index (κ1) is 22.0. The van der Waals surface area contributed by atoms with Crippen molar-refractivity contribution in [2.24, 2.45) is 0 Å². The van der Waals surface area contributed by atoms with Crippen molar-refractivity contribution in [3.05, 3.63) is 71.3 Å². The second-order valence-electron chi connectivity index (χ2n) is 8.47. The summed E-state index contributed by atoms with van der Waals surface area (Å²) in [5, 5.41) is 3.13. The molecular formula is C24H31N3O3S. The fraction of sp³-hybridized carbons (Fsp3) is 0.458. The normalized spacial score (nSPS) is 20.4. The maximum Gasteiger partial charge on any atom is 0.242 e. The quantitative estimate of drug-likeness (QED) is 0.714. The number of rotatable bonds is 7. The number of likely N-dealkylation sites (tertiary alicyclic amines) is 1. The number of nitrogens with zero attached hydrogens (tertiary/aromatic N) is 2. The van der Waals surface area contributed by atoms with Crippen LogP contribution in [0.4, 0.5) is 0 Å². The fourth-order valence-corrected chi connectivity index (χ4v) is 5.72. The standard InChI is InChI=1S/C24H31N3O3S/c28-24(25-18-21-10-4-5-11-22(21)19-26-12-6-7-13-26)23(20-8-2-1-3-9-20)27-14-16-31(29,30)17-15-27/h1-5,8-11,23H,6-7,12-19H2,(H,25,28). The third kappa shape index (κ3) is 5.73. The van der Waals surface area contributed by atoms with Crippen molar-refractivity contribution in [1.29, 1.82) is 0 Å². The van der Waals surface area contributed by atoms with Crippen molar-refractivity contribution >= 4 is 15.7 Å². The van der Waals surface area contributed by atoms with Crippen molar-refractivity contribution < 1.29 is 13.2 Å². The zero-order chi connectivity index (χ0) is 21.7. The van der Waals surface area contributed by atoms with Crippen LogP contribution in [-0.2, 0) is 27.7 Å². The Hall–Kier alpha value is -2.22. The molecule has 7 heteroatoms. The van der Waals surface area contributed by atoms with E-state index in [1.807, 2.05) is 41.3 Å². The first-order valence-corrected chi connectivity index (χ1v) is 12.9. The molecule has 2 aliphatic rings. The van der Waals surface area contributed by atoms with Crippen molar-refractivity contribution in [2.45, 2.75) is 32.0 Å². The molecule has 4 rings (SSSR count). The van der Waals surface area contributed by atoms with E-state index >= 15 is 0 Å². The summed E-state index contributed by atoms with van der Waals surface area (Å²) >= 11 is 0. The van der Waals surface area contributed by atoms with Crippen molar-refractivity contribution in [3.8, 4) is 0 Å². The summed E-state index contributed by atoms with van der Waals surface area (Å²) in [6.45, 7) is 4.40. The Balaban J connectivity index is 1.47. The highest BCUT2D eigenvalue weighted by Gasteiger charge is 2.32. The minimum atomic E-state index is -3.01. The molecule has 0 bridgehead atoms. The van der Waals surface area contributed by atoms with Crippen LogP contribution < -0.4 is 5.32 Å². The molecule has 2 saturated heterocycles. The number of benzene rings is 2. The largest absolute Gasteiger partial charge is 0.350 e. The minimum Gasteiger partial charge on any atom is -0.350 e. The maximum absolute atomic E-state index is 13.3. The van der Waals surface area contributed by atoms with E-state index in [1.54, 1.807) is 0 Å². The average molecular weight is 442 g/mol. The van der Waals surface area contributed by atoms with Gasteiger partial charge in [-0.05, 0) is 42.6 Å². The summed E-state index contributed by atoms with van der Waals surface area (Å²) in [6, 6.07) is 17.4. The Morgan fingerprint density at radius 1 is 0.871 bits per heavy atom. The molecule has 2 fully saturated rings. The summed E-state index contributed by atoms with van der Waals surface area (Å²) < 4.78 is 23.8. The molecular weight excluding hydrogens is 410 g/mol. The van der Waals surface area contributed by atoms with Crippen LogP contribution in [-0.4, -0.2) is 61.8 Å². The molecule has 0 aliphatic carbocycles. The topological polar surface area (TPSA) is 69.7 Å². The average Bonchev–Trinajstić information content (AvgIpc) is 3.28. The van der Waals surface area contributed by atoms with Crippen LogP contribution >= 0.6 is 0 Å². The van der Waals surface area contributed by atoms with Gasteiger partial charge in [0, 0.05) is 26.2 Å². The number of sulfone groups is 1. The highest BCUT2D eigenvalue weighted by molar-refractivity contribution is 7.91. The molecule has 0 radical (unpaired) electrons. The van der Waals surface area contributed by atoms with Gasteiger partial charge >= 0.3 is 0 Å². The molecule has 2 heterocycles. The summed E-state index contributed by atoms with van der Waals surface area (Å²) in [5.41, 5.74) is 3.28. The number of carbonyl (C=O) groups excluding carboxylic acids is 1. The Morgan fingerprint density at radius 2 is 1.48 bits per heavy atom. The van der Waals surface area contributed by atoms with Crippen LogP contribution in [0.1, 0.15) is 35.6 Å². The fourth-order valence-electron chi connectivity index (χ4n) is 4.49. The molecule has 2 aromatic carbocycles. The molecule has 1 unspecified atom stereocenters. The van der Waals surface area contributed by atoms with E-state index in [1.165, 1.54) is 18.4 Å². The van der Waals surface area contributed by atoms with E-state index in [2.05, 4.69) is 28.4 Å². The van der Waals surface area contributed by atoms with Crippen LogP contribution in [0.3, 0.4) is 0 Å². The maximum atomic E-state index is 13.3. The SMILES string of the molecule is O=C(NCc1ccccc1CN1CCCC1)C(c1ccccc1)N1CCS(=O)(=O)CC1. The molecule has 2 aromatic rings. The van der Waals surface area contributed by atoms with E-state index < -0.39 is 15.9 Å². The number of amides is 1. The van der Waals surface area contributed by atoms with Crippen molar-refractivity contribution in [3.63, 3.8) is 0 Å². The number of nitrogens with one attached hydrogen (secondary N) is 1. The van der Waals surface area contributed by atoms with Crippen molar-refractivity contribution in [2.75, 3.05) is 37.7 Å². The molecule has 1 N–H and O–H groups in total. The predicted molar refractivity (Wildman–Crippen MR) is 122 cm³/mol. The summed E-state index contributed by atoms with van der Waals surface area (Å²) in [7, 11) is -3.01. The van der Waals surface area contributed by atoms with Gasteiger partial charge in [0.1, 0.15) is 6.04 Å². The number of hydrogen-bond acceptors (Lipinski definition) is 5. The van der Waals surface area contributed by atoms with Gasteiger partial charge in [0.15, 0.2) is 9.84 Å². The third-order valence-corrected chi connectivity index (χ3v) is 7.88. The summed E-state index contributed by atoms with van der Waals surface area (Å²) in [4.78, 5) is 17.8. The van der Waals surface area contributed by atoms with Gasteiger partial charge in [-0.15, -0.1) is 0 Å². The van der Waals surface area contributed by atoms with Crippen LogP contribution in [0.5, 0.6) is 0 Å². The highest BCUT2D eigenvalue weighted by Crippen LogP contribution is 2.24. The second kappa shape index (κ2) is 9.94. The zero-order valence-corrected chi connectivity index (χ0v) is 18.7. The summed E-state index contributed by atoms with van der Waals surface area (Å²) in [5.74, 6) is 0.117. The van der Waals surface area contributed by atoms with Gasteiger partial charge < -0.3 is 5.32 Å². The van der Waals surface area contributed by atoms with Gasteiger partial charge in [-0.1, -0.05) is 54.6 Å². The number of carbonyl (C=O) groups is 1. The molecule has 1 atom stereocenters. The van der Waals surface area contributed by atoms with E-state index in [0.717, 1.165) is 30.8 Å². The predicted octanol–water partition coefficient (Wildman–Crippen LogP) is 2.37. The van der Waals surface area contributed by atoms with Crippen LogP contribution in [0.25, 0.3) is 0 Å². The van der Waals surface area contributed by atoms with Gasteiger partial charge in [-0.3, -0.25) is 14.6 Å². The number of hydrogen-bond donors (Lipinski definition) is 1. The minimum absolute atomic E-state index is 0.0820. The monoisotopic (exact) mass is 441 g/mol. The molecule has 2 aliphatic heterocycles. The third-order valence-electron chi connectivity index (χ3n) is 6.27. The lowest BCUT2D eigenvalue weighted by atomic mass is 10.0. The zero-order valence-electron chi connectivity index (χ0n) is 17.9. The van der Waals surface area contributed by atoms with E-state index in [9.17, 15) is 13.2 Å². The first-order chi connectivity index (χ1) is 15.0. The Labute approximate surface area is 185 Å². The van der Waals surface area contributed by atoms with Crippen LogP contribution in [0, 0.1) is 0 Å². The van der Waals surface area contributed by atoms with Crippen LogP contribution in [0.2, 0.25) is 0 Å². The smallest absolute Gasteiger partial charge is 0.242 e. The molecule has 31 heavy (non-hydrogen) atoms. The highest BCUT2D eigenvalue weighted by atomic mass is 32.2. The van der Waals surface area contributed by atoms with Gasteiger partial charge in [-0.25, -0.2) is 8.42 Å². The lowest BCUT2D eigenvalue weighted by Crippen LogP contribution is -2.47. The molecule has 166 valence electrons. The summed E-state index contributed by atoms with van der Waals surface area (Å²) in [6.07, 6.45) is 2.51. The van der Waals surface area contributed by atoms with Gasteiger partial charge in [-0.2, -0.15) is 0 Å². The van der Waals surface area contributed by atoms with E-state index in [4.69, 9.17) is 0 Å². The molecule has 0 spiro atoms. The van der Waals surface area contributed by atoms with Gasteiger partial charge in [0.25, 0.3) is 0 Å². The van der Waals surface area contributed by atoms with E-state index in [0.29, 0.717) is 19.6 Å². The van der Waals surface area contributed by atoms with E-state index in [-0.39, 0.29) is 17.4 Å². The van der Waals surface area contributed by atoms with Gasteiger partial charge in [0.2, 0.25) is 5.91 Å². The lowest BCUT2D eigenvalue weighted by molar-refractivity contribution is -0.126. The second-order valence-corrected chi connectivity index (χ2v) is 10.8. The Kier molecular flexibility index (Phi) is 7.05. The Bertz CT molecular complexity index is 974. The molecule has 6 nitrogen and oxygen atoms in total. The molecule has 1 amide bonds. The first-order valence-electron chi connectivity index (χ1n) is 11.1. The van der Waals surface area contributed by atoms with Crippen molar-refractivity contribution in [1.82, 2.24) is 15.1 Å². The molecule has 0 saturated carbocycles. The van der Waals surface area contributed by atoms with Gasteiger partial charge in [0.05, 0.1) is 11.5 Å².